The molecule has 0 radical (unpaired) electrons. The number of rotatable bonds is 6. The molecule has 0 aliphatic heterocycles. The summed E-state index contributed by atoms with van der Waals surface area (Å²) in [7, 11) is 2.14. The fourth-order valence-corrected chi connectivity index (χ4v) is 2.44. The van der Waals surface area contributed by atoms with Gasteiger partial charge in [-0.15, -0.1) is 0 Å². The molecule has 17 heavy (non-hydrogen) atoms. The second-order valence-corrected chi connectivity index (χ2v) is 4.92. The van der Waals surface area contributed by atoms with E-state index >= 15 is 0 Å². The number of hydrogen-bond acceptors (Lipinski definition) is 3. The van der Waals surface area contributed by atoms with Crippen molar-refractivity contribution in [2.24, 2.45) is 0 Å². The van der Waals surface area contributed by atoms with Gasteiger partial charge in [0.2, 0.25) is 5.95 Å². The molecule has 0 aromatic carbocycles. The zero-order chi connectivity index (χ0) is 12.1. The lowest BCUT2D eigenvalue weighted by molar-refractivity contribution is 0.366. The molecule has 1 saturated carbocycles. The zero-order valence-corrected chi connectivity index (χ0v) is 11.0. The van der Waals surface area contributed by atoms with Crippen LogP contribution in [0.5, 0.6) is 0 Å². The van der Waals surface area contributed by atoms with Gasteiger partial charge in [-0.25, -0.2) is 4.98 Å². The Hall–Kier alpha value is -1.03. The minimum absolute atomic E-state index is 0.670. The Bertz CT molecular complexity index is 328. The largest absolute Gasteiger partial charge is 0.354 e. The van der Waals surface area contributed by atoms with E-state index in [1.165, 1.54) is 25.7 Å². The number of nitrogens with one attached hydrogen (secondary N) is 1. The molecule has 1 heterocycles. The Morgan fingerprint density at radius 1 is 1.47 bits per heavy atom. The minimum atomic E-state index is 0.670. The van der Waals surface area contributed by atoms with Gasteiger partial charge in [0.25, 0.3) is 0 Å². The Labute approximate surface area is 104 Å². The van der Waals surface area contributed by atoms with Gasteiger partial charge in [0, 0.05) is 31.5 Å². The number of imidazole rings is 1. The summed E-state index contributed by atoms with van der Waals surface area (Å²) in [4.78, 5) is 6.72. The van der Waals surface area contributed by atoms with Crippen LogP contribution in [0.2, 0.25) is 0 Å². The Kier molecular flexibility index (Phi) is 4.42. The third kappa shape index (κ3) is 3.22. The molecule has 0 atom stereocenters. The number of anilines is 1. The molecule has 0 spiro atoms. The maximum atomic E-state index is 4.42. The first-order valence-electron chi connectivity index (χ1n) is 6.76. The zero-order valence-electron chi connectivity index (χ0n) is 11.0. The smallest absolute Gasteiger partial charge is 0.203 e. The van der Waals surface area contributed by atoms with Gasteiger partial charge in [0.15, 0.2) is 0 Å². The standard InChI is InChI=1S/C13H24N4/c1-3-16(2)10-8-14-13-15-9-11-17(13)12-6-4-5-7-12/h9,11-12H,3-8,10H2,1-2H3,(H,14,15). The van der Waals surface area contributed by atoms with Crippen LogP contribution in [-0.4, -0.2) is 41.1 Å². The monoisotopic (exact) mass is 236 g/mol. The number of aromatic nitrogens is 2. The number of likely N-dealkylation sites (N-methyl/N-ethyl adjacent to an activating group) is 1. The predicted octanol–water partition coefficient (Wildman–Crippen LogP) is 2.36. The van der Waals surface area contributed by atoms with E-state index < -0.39 is 0 Å². The molecule has 1 aromatic heterocycles. The van der Waals surface area contributed by atoms with Crippen molar-refractivity contribution in [3.05, 3.63) is 12.4 Å². The van der Waals surface area contributed by atoms with Crippen LogP contribution in [0.15, 0.2) is 12.4 Å². The normalized spacial score (nSPS) is 16.9. The summed E-state index contributed by atoms with van der Waals surface area (Å²) < 4.78 is 2.32. The molecule has 1 aromatic rings. The molecule has 96 valence electrons. The summed E-state index contributed by atoms with van der Waals surface area (Å²) in [6.07, 6.45) is 9.35. The highest BCUT2D eigenvalue weighted by molar-refractivity contribution is 5.26. The third-order valence-corrected chi connectivity index (χ3v) is 3.70. The lowest BCUT2D eigenvalue weighted by atomic mass is 10.2. The van der Waals surface area contributed by atoms with Gasteiger partial charge in [-0.05, 0) is 26.4 Å². The van der Waals surface area contributed by atoms with Crippen LogP contribution in [0, 0.1) is 0 Å². The van der Waals surface area contributed by atoms with Gasteiger partial charge in [-0.2, -0.15) is 0 Å². The van der Waals surface area contributed by atoms with Crippen molar-refractivity contribution < 1.29 is 0 Å². The minimum Gasteiger partial charge on any atom is -0.354 e. The fraction of sp³-hybridized carbons (Fsp3) is 0.769. The van der Waals surface area contributed by atoms with E-state index in [1.807, 2.05) is 6.20 Å². The van der Waals surface area contributed by atoms with Crippen LogP contribution in [-0.2, 0) is 0 Å². The first-order valence-corrected chi connectivity index (χ1v) is 6.76. The summed E-state index contributed by atoms with van der Waals surface area (Å²) in [6.45, 7) is 5.31. The fourth-order valence-electron chi connectivity index (χ4n) is 2.44. The van der Waals surface area contributed by atoms with Crippen LogP contribution in [0.25, 0.3) is 0 Å². The molecular formula is C13H24N4. The van der Waals surface area contributed by atoms with E-state index in [2.05, 4.69) is 39.9 Å². The van der Waals surface area contributed by atoms with Crippen molar-refractivity contribution >= 4 is 5.95 Å². The van der Waals surface area contributed by atoms with Crippen molar-refractivity contribution in [1.82, 2.24) is 14.5 Å². The summed E-state index contributed by atoms with van der Waals surface area (Å²) in [5, 5.41) is 3.45. The molecule has 4 heteroatoms. The van der Waals surface area contributed by atoms with E-state index in [-0.39, 0.29) is 0 Å². The lowest BCUT2D eigenvalue weighted by Gasteiger charge is -2.17. The molecule has 1 N–H and O–H groups in total. The van der Waals surface area contributed by atoms with Crippen LogP contribution in [0.4, 0.5) is 5.95 Å². The van der Waals surface area contributed by atoms with Gasteiger partial charge < -0.3 is 14.8 Å². The summed E-state index contributed by atoms with van der Waals surface area (Å²) >= 11 is 0. The first-order chi connectivity index (χ1) is 8.31. The topological polar surface area (TPSA) is 33.1 Å². The highest BCUT2D eigenvalue weighted by Crippen LogP contribution is 2.31. The average Bonchev–Trinajstić information content (AvgIpc) is 2.98. The van der Waals surface area contributed by atoms with E-state index in [4.69, 9.17) is 0 Å². The first kappa shape index (κ1) is 12.4. The average molecular weight is 236 g/mol. The Balaban J connectivity index is 1.86. The molecule has 1 fully saturated rings. The predicted molar refractivity (Wildman–Crippen MR) is 71.4 cm³/mol. The maximum absolute atomic E-state index is 4.42. The van der Waals surface area contributed by atoms with Crippen molar-refractivity contribution in [2.45, 2.75) is 38.6 Å². The summed E-state index contributed by atoms with van der Waals surface area (Å²) in [5.74, 6) is 1.04. The second kappa shape index (κ2) is 6.05. The van der Waals surface area contributed by atoms with E-state index in [0.717, 1.165) is 25.6 Å². The molecule has 2 rings (SSSR count). The van der Waals surface area contributed by atoms with Crippen LogP contribution >= 0.6 is 0 Å². The van der Waals surface area contributed by atoms with Gasteiger partial charge in [-0.3, -0.25) is 0 Å². The Morgan fingerprint density at radius 3 is 2.94 bits per heavy atom. The van der Waals surface area contributed by atoms with E-state index in [9.17, 15) is 0 Å². The summed E-state index contributed by atoms with van der Waals surface area (Å²) in [5.41, 5.74) is 0. The molecular weight excluding hydrogens is 212 g/mol. The molecule has 1 aliphatic rings. The van der Waals surface area contributed by atoms with Gasteiger partial charge in [-0.1, -0.05) is 19.8 Å². The van der Waals surface area contributed by atoms with E-state index in [1.54, 1.807) is 0 Å². The lowest BCUT2D eigenvalue weighted by Crippen LogP contribution is -2.25. The number of nitrogens with zero attached hydrogens (tertiary/aromatic N) is 3. The summed E-state index contributed by atoms with van der Waals surface area (Å²) in [6, 6.07) is 0.670. The molecule has 1 aliphatic carbocycles. The van der Waals surface area contributed by atoms with Crippen molar-refractivity contribution in [3.63, 3.8) is 0 Å². The van der Waals surface area contributed by atoms with Gasteiger partial charge >= 0.3 is 0 Å². The molecule has 0 saturated heterocycles. The Morgan fingerprint density at radius 2 is 2.24 bits per heavy atom. The molecule has 4 nitrogen and oxygen atoms in total. The van der Waals surface area contributed by atoms with Crippen LogP contribution in [0.1, 0.15) is 38.6 Å². The highest BCUT2D eigenvalue weighted by atomic mass is 15.2. The van der Waals surface area contributed by atoms with Crippen molar-refractivity contribution in [2.75, 3.05) is 32.0 Å². The second-order valence-electron chi connectivity index (χ2n) is 4.92. The van der Waals surface area contributed by atoms with Crippen molar-refractivity contribution in [1.29, 1.82) is 0 Å². The van der Waals surface area contributed by atoms with Crippen LogP contribution < -0.4 is 5.32 Å². The highest BCUT2D eigenvalue weighted by Gasteiger charge is 2.18. The quantitative estimate of drug-likeness (QED) is 0.823. The SMILES string of the molecule is CCN(C)CCNc1nccn1C1CCCC1. The number of hydrogen-bond donors (Lipinski definition) is 1. The van der Waals surface area contributed by atoms with E-state index in [0.29, 0.717) is 6.04 Å². The molecule has 0 unspecified atom stereocenters. The third-order valence-electron chi connectivity index (χ3n) is 3.70. The molecule has 0 bridgehead atoms. The van der Waals surface area contributed by atoms with Gasteiger partial charge in [0.05, 0.1) is 0 Å². The van der Waals surface area contributed by atoms with Crippen LogP contribution in [0.3, 0.4) is 0 Å². The van der Waals surface area contributed by atoms with Gasteiger partial charge in [0.1, 0.15) is 0 Å². The molecule has 0 amide bonds. The van der Waals surface area contributed by atoms with Crippen molar-refractivity contribution in [3.8, 4) is 0 Å². The maximum Gasteiger partial charge on any atom is 0.203 e.